The van der Waals surface area contributed by atoms with E-state index < -0.39 is 0 Å². The van der Waals surface area contributed by atoms with E-state index in [0.29, 0.717) is 5.96 Å². The van der Waals surface area contributed by atoms with Crippen molar-refractivity contribution in [3.8, 4) is 0 Å². The molecule has 1 aromatic rings. The molecule has 3 N–H and O–H groups in total. The molecule has 0 unspecified atom stereocenters. The molecule has 0 aromatic carbocycles. The summed E-state index contributed by atoms with van der Waals surface area (Å²) in [5.74, 6) is 0.573. The third-order valence-electron chi connectivity index (χ3n) is 3.74. The molecule has 0 bridgehead atoms. The molecule has 9 heteroatoms. The van der Waals surface area contributed by atoms with E-state index in [1.165, 1.54) is 12.8 Å². The van der Waals surface area contributed by atoms with Crippen molar-refractivity contribution < 1.29 is 4.79 Å². The zero-order valence-electron chi connectivity index (χ0n) is 16.1. The number of nitrogens with one attached hydrogen (secondary N) is 3. The summed E-state index contributed by atoms with van der Waals surface area (Å²) < 4.78 is 0. The van der Waals surface area contributed by atoms with Gasteiger partial charge in [-0.1, -0.05) is 0 Å². The highest BCUT2D eigenvalue weighted by atomic mass is 127. The largest absolute Gasteiger partial charge is 0.356 e. The minimum atomic E-state index is -0.229. The van der Waals surface area contributed by atoms with Crippen LogP contribution in [0.4, 0.5) is 5.13 Å². The van der Waals surface area contributed by atoms with Gasteiger partial charge in [-0.05, 0) is 33.6 Å². The van der Waals surface area contributed by atoms with Crippen LogP contribution >= 0.6 is 35.3 Å². The van der Waals surface area contributed by atoms with E-state index in [4.69, 9.17) is 4.98 Å². The van der Waals surface area contributed by atoms with Crippen LogP contribution in [0.1, 0.15) is 39.3 Å². The molecule has 2 heterocycles. The van der Waals surface area contributed by atoms with Crippen LogP contribution in [0.2, 0.25) is 0 Å². The molecule has 0 spiro atoms. The van der Waals surface area contributed by atoms with Gasteiger partial charge in [-0.25, -0.2) is 4.98 Å². The number of anilines is 1. The molecule has 1 aromatic heterocycles. The maximum atomic E-state index is 11.8. The second kappa shape index (κ2) is 10.9. The minimum absolute atomic E-state index is 0. The van der Waals surface area contributed by atoms with E-state index in [1.54, 1.807) is 18.4 Å². The Kier molecular flexibility index (Phi) is 9.62. The summed E-state index contributed by atoms with van der Waals surface area (Å²) in [6, 6.07) is 0. The third kappa shape index (κ3) is 8.07. The monoisotopic (exact) mass is 494 g/mol. The number of hydrogen-bond acceptors (Lipinski definition) is 5. The molecule has 1 amide bonds. The van der Waals surface area contributed by atoms with Crippen molar-refractivity contribution in [1.29, 1.82) is 0 Å². The van der Waals surface area contributed by atoms with E-state index in [1.807, 2.05) is 20.8 Å². The smallest absolute Gasteiger partial charge is 0.239 e. The first-order valence-corrected chi connectivity index (χ1v) is 9.70. The molecular weight excluding hydrogens is 463 g/mol. The molecule has 1 aliphatic heterocycles. The lowest BCUT2D eigenvalue weighted by Gasteiger charge is -2.21. The second-order valence-electron chi connectivity index (χ2n) is 7.22. The summed E-state index contributed by atoms with van der Waals surface area (Å²) in [5.41, 5.74) is 0.869. The van der Waals surface area contributed by atoms with Gasteiger partial charge in [-0.3, -0.25) is 9.79 Å². The molecule has 0 atom stereocenters. The Labute approximate surface area is 177 Å². The van der Waals surface area contributed by atoms with E-state index in [9.17, 15) is 4.79 Å². The van der Waals surface area contributed by atoms with Gasteiger partial charge in [0.1, 0.15) is 0 Å². The van der Waals surface area contributed by atoms with Gasteiger partial charge in [-0.15, -0.1) is 35.3 Å². The molecule has 148 valence electrons. The maximum Gasteiger partial charge on any atom is 0.239 e. The van der Waals surface area contributed by atoms with Crippen LogP contribution < -0.4 is 20.9 Å². The van der Waals surface area contributed by atoms with E-state index in [-0.39, 0.29) is 42.0 Å². The summed E-state index contributed by atoms with van der Waals surface area (Å²) >= 11 is 1.72. The first-order chi connectivity index (χ1) is 11.9. The molecule has 0 saturated carbocycles. The molecule has 2 rings (SSSR count). The number of rotatable bonds is 6. The summed E-state index contributed by atoms with van der Waals surface area (Å²) in [5, 5.41) is 12.4. The highest BCUT2D eigenvalue weighted by molar-refractivity contribution is 14.0. The van der Waals surface area contributed by atoms with Crippen molar-refractivity contribution in [2.45, 2.75) is 45.6 Å². The number of nitrogens with zero attached hydrogens (tertiary/aromatic N) is 3. The molecule has 0 radical (unpaired) electrons. The average Bonchev–Trinajstić information content (AvgIpc) is 3.19. The Morgan fingerprint density at radius 2 is 2.00 bits per heavy atom. The summed E-state index contributed by atoms with van der Waals surface area (Å²) in [4.78, 5) is 23.0. The number of halogens is 1. The Morgan fingerprint density at radius 3 is 2.62 bits per heavy atom. The van der Waals surface area contributed by atoms with Crippen molar-refractivity contribution >= 4 is 52.3 Å². The van der Waals surface area contributed by atoms with E-state index >= 15 is 0 Å². The predicted molar refractivity (Wildman–Crippen MR) is 120 cm³/mol. The fraction of sp³-hybridized carbons (Fsp3) is 0.706. The van der Waals surface area contributed by atoms with Crippen molar-refractivity contribution in [3.63, 3.8) is 0 Å². The molecule has 1 saturated heterocycles. The lowest BCUT2D eigenvalue weighted by molar-refractivity contribution is -0.121. The van der Waals surface area contributed by atoms with Crippen molar-refractivity contribution in [2.75, 3.05) is 38.1 Å². The van der Waals surface area contributed by atoms with Crippen LogP contribution in [0.15, 0.2) is 10.4 Å². The average molecular weight is 494 g/mol. The Hall–Kier alpha value is -1.10. The highest BCUT2D eigenvalue weighted by Gasteiger charge is 2.16. The summed E-state index contributed by atoms with van der Waals surface area (Å²) in [7, 11) is 1.70. The van der Waals surface area contributed by atoms with E-state index in [0.717, 1.165) is 36.9 Å². The van der Waals surface area contributed by atoms with Crippen LogP contribution in [0, 0.1) is 0 Å². The SMILES string of the molecule is CN=C(NCCc1csc(N2CCCC2)n1)NCC(=O)NC(C)(C)C.I. The van der Waals surface area contributed by atoms with Gasteiger partial charge in [0.25, 0.3) is 0 Å². The fourth-order valence-electron chi connectivity index (χ4n) is 2.62. The van der Waals surface area contributed by atoms with Gasteiger partial charge in [0.05, 0.1) is 12.2 Å². The number of hydrogen-bond donors (Lipinski definition) is 3. The van der Waals surface area contributed by atoms with Crippen molar-refractivity contribution in [1.82, 2.24) is 20.9 Å². The quantitative estimate of drug-likeness (QED) is 0.320. The molecule has 7 nitrogen and oxygen atoms in total. The summed E-state index contributed by atoms with van der Waals surface area (Å²) in [6.07, 6.45) is 3.36. The lowest BCUT2D eigenvalue weighted by atomic mass is 10.1. The van der Waals surface area contributed by atoms with Gasteiger partial charge >= 0.3 is 0 Å². The van der Waals surface area contributed by atoms with Crippen LogP contribution in [-0.4, -0.2) is 55.6 Å². The van der Waals surface area contributed by atoms with E-state index in [2.05, 4.69) is 31.2 Å². The van der Waals surface area contributed by atoms with Crippen molar-refractivity contribution in [2.24, 2.45) is 4.99 Å². The Bertz CT molecular complexity index is 592. The van der Waals surface area contributed by atoms with Crippen LogP contribution in [-0.2, 0) is 11.2 Å². The van der Waals surface area contributed by atoms with Crippen LogP contribution in [0.5, 0.6) is 0 Å². The van der Waals surface area contributed by atoms with Crippen LogP contribution in [0.25, 0.3) is 0 Å². The predicted octanol–water partition coefficient (Wildman–Crippen LogP) is 1.98. The van der Waals surface area contributed by atoms with Gasteiger partial charge in [0, 0.05) is 44.0 Å². The number of aromatic nitrogens is 1. The topological polar surface area (TPSA) is 81.7 Å². The molecule has 1 fully saturated rings. The normalized spacial score (nSPS) is 14.8. The number of thiazole rings is 1. The standard InChI is InChI=1S/C17H30N6OS.HI/c1-17(2,3)22-14(24)11-20-15(18-4)19-8-7-13-12-25-16(21-13)23-9-5-6-10-23;/h12H,5-11H2,1-4H3,(H,22,24)(H2,18,19,20);1H. The van der Waals surface area contributed by atoms with Gasteiger partial charge in [0.2, 0.25) is 5.91 Å². The Balaban J connectivity index is 0.00000338. The molecular formula is C17H31IN6OS. The first-order valence-electron chi connectivity index (χ1n) is 8.82. The first kappa shape index (κ1) is 22.9. The number of guanidine groups is 1. The third-order valence-corrected chi connectivity index (χ3v) is 4.69. The second-order valence-corrected chi connectivity index (χ2v) is 8.05. The zero-order chi connectivity index (χ0) is 18.3. The zero-order valence-corrected chi connectivity index (χ0v) is 19.2. The van der Waals surface area contributed by atoms with Gasteiger partial charge in [0.15, 0.2) is 11.1 Å². The minimum Gasteiger partial charge on any atom is -0.356 e. The Morgan fingerprint density at radius 1 is 1.31 bits per heavy atom. The highest BCUT2D eigenvalue weighted by Crippen LogP contribution is 2.24. The van der Waals surface area contributed by atoms with Crippen LogP contribution in [0.3, 0.4) is 0 Å². The van der Waals surface area contributed by atoms with Crippen molar-refractivity contribution in [3.05, 3.63) is 11.1 Å². The number of aliphatic imine (C=N–C) groups is 1. The number of carbonyl (C=O) groups excluding carboxylic acids is 1. The number of amides is 1. The number of carbonyl (C=O) groups is 1. The molecule has 0 aliphatic carbocycles. The lowest BCUT2D eigenvalue weighted by Crippen LogP contribution is -2.48. The summed E-state index contributed by atoms with van der Waals surface area (Å²) in [6.45, 7) is 9.06. The molecule has 1 aliphatic rings. The van der Waals surface area contributed by atoms with Gasteiger partial charge in [-0.2, -0.15) is 0 Å². The van der Waals surface area contributed by atoms with Gasteiger partial charge < -0.3 is 20.9 Å². The maximum absolute atomic E-state index is 11.8. The molecule has 26 heavy (non-hydrogen) atoms. The fourth-order valence-corrected chi connectivity index (χ4v) is 3.53.